The van der Waals surface area contributed by atoms with Crippen LogP contribution in [0.3, 0.4) is 0 Å². The number of rotatable bonds is 20. The van der Waals surface area contributed by atoms with Crippen LogP contribution < -0.4 is 27.0 Å². The van der Waals surface area contributed by atoms with Crippen molar-refractivity contribution in [3.05, 3.63) is 82.9 Å². The zero-order valence-corrected chi connectivity index (χ0v) is 31.5. The second-order valence-electron chi connectivity index (χ2n) is 14.5. The highest BCUT2D eigenvalue weighted by molar-refractivity contribution is 7.13. The van der Waals surface area contributed by atoms with Gasteiger partial charge in [0.05, 0.1) is 24.8 Å². The van der Waals surface area contributed by atoms with E-state index in [-0.39, 0.29) is 43.3 Å². The molecule has 280 valence electrons. The number of nitrogens with one attached hydrogen (secondary N) is 4. The van der Waals surface area contributed by atoms with Crippen molar-refractivity contribution in [2.75, 3.05) is 12.3 Å². The monoisotopic (exact) mass is 732 g/mol. The number of hydrogen-bond acceptors (Lipinski definition) is 9. The highest BCUT2D eigenvalue weighted by Gasteiger charge is 2.50. The van der Waals surface area contributed by atoms with Crippen LogP contribution in [0.4, 0.5) is 5.13 Å². The van der Waals surface area contributed by atoms with Crippen LogP contribution >= 0.6 is 11.3 Å². The van der Waals surface area contributed by atoms with Crippen LogP contribution in [0.2, 0.25) is 0 Å². The maximum Gasteiger partial charge on any atom is 0.243 e. The van der Waals surface area contributed by atoms with Crippen molar-refractivity contribution in [1.29, 1.82) is 0 Å². The van der Waals surface area contributed by atoms with E-state index >= 15 is 0 Å². The van der Waals surface area contributed by atoms with E-state index in [2.05, 4.69) is 26.3 Å². The number of thiazole rings is 1. The standard InChI is InChI=1S/C39H52N6O6S/c1-24(2)18-30(34(47)39(5)23-51-39)43-37(50)32(20-27-14-10-7-11-15-27)45-36(49)31(19-25(3)4)44-35(48)29(17-16-26-12-8-6-9-13-26)42-33(46)21-28-22-52-38(40)41-28/h6-15,22,24-25,29-32H,16-21,23H2,1-5H3,(H2,40,41)(H,42,46)(H,43,50)(H,44,48)(H,45,49)/t29-,30-,31-,32-,39+/m0/s1. The lowest BCUT2D eigenvalue weighted by atomic mass is 9.93. The Labute approximate surface area is 310 Å². The van der Waals surface area contributed by atoms with E-state index in [1.54, 1.807) is 12.3 Å². The van der Waals surface area contributed by atoms with Gasteiger partial charge < -0.3 is 31.7 Å². The number of nitrogen functional groups attached to an aromatic ring is 1. The molecule has 1 aromatic heterocycles. The number of hydrogen-bond donors (Lipinski definition) is 5. The summed E-state index contributed by atoms with van der Waals surface area (Å²) >= 11 is 1.23. The first-order chi connectivity index (χ1) is 24.7. The molecule has 13 heteroatoms. The van der Waals surface area contributed by atoms with Gasteiger partial charge in [0.15, 0.2) is 10.9 Å². The molecule has 0 unspecified atom stereocenters. The molecule has 1 aliphatic heterocycles. The molecule has 4 amide bonds. The summed E-state index contributed by atoms with van der Waals surface area (Å²) in [6.07, 6.45) is 1.58. The molecule has 0 radical (unpaired) electrons. The molecule has 5 atom stereocenters. The van der Waals surface area contributed by atoms with Crippen molar-refractivity contribution in [2.24, 2.45) is 11.8 Å². The summed E-state index contributed by atoms with van der Waals surface area (Å²) < 4.78 is 5.40. The molecule has 1 saturated heterocycles. The smallest absolute Gasteiger partial charge is 0.243 e. The van der Waals surface area contributed by atoms with Crippen LogP contribution in [-0.4, -0.2) is 70.8 Å². The highest BCUT2D eigenvalue weighted by atomic mass is 32.1. The Balaban J connectivity index is 1.53. The van der Waals surface area contributed by atoms with E-state index in [1.807, 2.05) is 88.4 Å². The minimum atomic E-state index is -1.05. The van der Waals surface area contributed by atoms with Crippen LogP contribution in [0.1, 0.15) is 70.7 Å². The van der Waals surface area contributed by atoms with Crippen LogP contribution in [-0.2, 0) is 48.0 Å². The normalized spacial score (nSPS) is 17.4. The largest absolute Gasteiger partial charge is 0.375 e. The Morgan fingerprint density at radius 3 is 1.85 bits per heavy atom. The number of nitrogens with zero attached hydrogens (tertiary/aromatic N) is 1. The third kappa shape index (κ3) is 12.6. The molecule has 2 heterocycles. The van der Waals surface area contributed by atoms with Gasteiger partial charge in [0, 0.05) is 11.8 Å². The van der Waals surface area contributed by atoms with Gasteiger partial charge in [-0.2, -0.15) is 0 Å². The summed E-state index contributed by atoms with van der Waals surface area (Å²) in [7, 11) is 0. The number of nitrogens with two attached hydrogens (primary N) is 1. The fourth-order valence-corrected chi connectivity index (χ4v) is 6.50. The first kappa shape index (κ1) is 40.2. The van der Waals surface area contributed by atoms with Gasteiger partial charge in [-0.3, -0.25) is 24.0 Å². The molecule has 4 rings (SSSR count). The number of Topliss-reactive ketones (excluding diaryl/α,β-unsaturated/α-hetero) is 1. The van der Waals surface area contributed by atoms with E-state index in [4.69, 9.17) is 10.5 Å². The van der Waals surface area contributed by atoms with Crippen molar-refractivity contribution in [2.45, 2.75) is 103 Å². The second-order valence-corrected chi connectivity index (χ2v) is 15.4. The molecular weight excluding hydrogens is 681 g/mol. The molecule has 1 fully saturated rings. The number of aromatic nitrogens is 1. The number of ether oxygens (including phenoxy) is 1. The summed E-state index contributed by atoms with van der Waals surface area (Å²) in [6, 6.07) is 15.1. The predicted molar refractivity (Wildman–Crippen MR) is 201 cm³/mol. The van der Waals surface area contributed by atoms with Crippen molar-refractivity contribution >= 4 is 45.9 Å². The van der Waals surface area contributed by atoms with Crippen molar-refractivity contribution in [3.8, 4) is 0 Å². The van der Waals surface area contributed by atoms with Crippen LogP contribution in [0.25, 0.3) is 0 Å². The number of epoxide rings is 1. The van der Waals surface area contributed by atoms with Crippen molar-refractivity contribution in [3.63, 3.8) is 0 Å². The van der Waals surface area contributed by atoms with Gasteiger partial charge in [-0.1, -0.05) is 88.4 Å². The van der Waals surface area contributed by atoms with Gasteiger partial charge >= 0.3 is 0 Å². The Kier molecular flexibility index (Phi) is 14.5. The summed E-state index contributed by atoms with van der Waals surface area (Å²) in [5, 5.41) is 13.5. The lowest BCUT2D eigenvalue weighted by Crippen LogP contribution is -2.59. The highest BCUT2D eigenvalue weighted by Crippen LogP contribution is 2.29. The van der Waals surface area contributed by atoms with Gasteiger partial charge in [-0.25, -0.2) is 4.98 Å². The molecule has 2 aromatic carbocycles. The summed E-state index contributed by atoms with van der Waals surface area (Å²) in [5.41, 5.74) is 7.10. The Morgan fingerprint density at radius 1 is 0.769 bits per heavy atom. The van der Waals surface area contributed by atoms with Gasteiger partial charge in [-0.05, 0) is 55.6 Å². The number of amides is 4. The molecular formula is C39H52N6O6S. The number of carbonyl (C=O) groups excluding carboxylic acids is 5. The predicted octanol–water partition coefficient (Wildman–Crippen LogP) is 3.53. The summed E-state index contributed by atoms with van der Waals surface area (Å²) in [6.45, 7) is 9.80. The molecule has 0 spiro atoms. The van der Waals surface area contributed by atoms with Crippen LogP contribution in [0.15, 0.2) is 66.0 Å². The van der Waals surface area contributed by atoms with Gasteiger partial charge in [0.2, 0.25) is 23.6 Å². The minimum Gasteiger partial charge on any atom is -0.375 e. The number of ketones is 1. The Morgan fingerprint density at radius 2 is 1.29 bits per heavy atom. The number of aryl methyl sites for hydroxylation is 1. The zero-order chi connectivity index (χ0) is 37.8. The quantitative estimate of drug-likeness (QED) is 0.109. The van der Waals surface area contributed by atoms with Gasteiger partial charge in [-0.15, -0.1) is 11.3 Å². The van der Waals surface area contributed by atoms with E-state index in [9.17, 15) is 24.0 Å². The molecule has 12 nitrogen and oxygen atoms in total. The van der Waals surface area contributed by atoms with E-state index in [1.165, 1.54) is 11.3 Å². The summed E-state index contributed by atoms with van der Waals surface area (Å²) in [5.74, 6) is -2.08. The Hall–Kier alpha value is -4.62. The summed E-state index contributed by atoms with van der Waals surface area (Å²) in [4.78, 5) is 72.5. The number of benzene rings is 2. The SMILES string of the molecule is CC(C)C[C@H](NC(=O)[C@H](CCc1ccccc1)NC(=O)Cc1csc(N)n1)C(=O)N[C@@H](Cc1ccccc1)C(=O)N[C@@H](CC(C)C)C(=O)[C@@]1(C)CO1. The topological polar surface area (TPSA) is 185 Å². The third-order valence-corrected chi connectivity index (χ3v) is 9.54. The molecule has 1 aliphatic rings. The maximum atomic E-state index is 14.1. The number of carbonyl (C=O) groups is 5. The Bertz CT molecular complexity index is 1660. The van der Waals surface area contributed by atoms with E-state index < -0.39 is 53.4 Å². The number of anilines is 1. The third-order valence-electron chi connectivity index (χ3n) is 8.82. The fraction of sp³-hybridized carbons (Fsp3) is 0.487. The van der Waals surface area contributed by atoms with E-state index in [0.717, 1.165) is 11.1 Å². The van der Waals surface area contributed by atoms with Crippen molar-refractivity contribution in [1.82, 2.24) is 26.3 Å². The average molecular weight is 733 g/mol. The molecule has 0 bridgehead atoms. The van der Waals surface area contributed by atoms with Crippen LogP contribution in [0, 0.1) is 11.8 Å². The molecule has 0 saturated carbocycles. The zero-order valence-electron chi connectivity index (χ0n) is 30.6. The molecule has 52 heavy (non-hydrogen) atoms. The minimum absolute atomic E-state index is 0.00253. The first-order valence-electron chi connectivity index (χ1n) is 17.9. The second kappa shape index (κ2) is 18.7. The van der Waals surface area contributed by atoms with Crippen molar-refractivity contribution < 1.29 is 28.7 Å². The average Bonchev–Trinajstić information content (AvgIpc) is 3.73. The fourth-order valence-electron chi connectivity index (χ4n) is 5.94. The lowest BCUT2D eigenvalue weighted by Gasteiger charge is -2.28. The molecule has 6 N–H and O–H groups in total. The lowest BCUT2D eigenvalue weighted by molar-refractivity contribution is -0.135. The molecule has 3 aromatic rings. The maximum absolute atomic E-state index is 14.1. The van der Waals surface area contributed by atoms with E-state index in [0.29, 0.717) is 30.3 Å². The van der Waals surface area contributed by atoms with Crippen LogP contribution in [0.5, 0.6) is 0 Å². The van der Waals surface area contributed by atoms with Gasteiger partial charge in [0.1, 0.15) is 23.7 Å². The van der Waals surface area contributed by atoms with Gasteiger partial charge in [0.25, 0.3) is 0 Å². The molecule has 0 aliphatic carbocycles. The first-order valence-corrected chi connectivity index (χ1v) is 18.8.